The molecule has 0 heterocycles. The summed E-state index contributed by atoms with van der Waals surface area (Å²) in [6, 6.07) is 22.4. The van der Waals surface area contributed by atoms with Gasteiger partial charge in [-0.15, -0.1) is 0 Å². The lowest BCUT2D eigenvalue weighted by atomic mass is 9.95. The molecule has 0 aliphatic heterocycles. The highest BCUT2D eigenvalue weighted by molar-refractivity contribution is 5.99. The van der Waals surface area contributed by atoms with E-state index in [9.17, 15) is 14.7 Å². The van der Waals surface area contributed by atoms with Gasteiger partial charge >= 0.3 is 5.97 Å². The summed E-state index contributed by atoms with van der Waals surface area (Å²) in [5.74, 6) is -0.559. The van der Waals surface area contributed by atoms with Gasteiger partial charge in [-0.25, -0.2) is 4.79 Å². The molecule has 1 amide bonds. The Morgan fingerprint density at radius 1 is 0.938 bits per heavy atom. The molecule has 6 nitrogen and oxygen atoms in total. The molecule has 6 heteroatoms. The molecule has 0 atom stereocenters. The number of carbonyl (C=O) groups excluding carboxylic acids is 1. The minimum Gasteiger partial charge on any atom is -0.493 e. The Morgan fingerprint density at radius 3 is 2.22 bits per heavy atom. The van der Waals surface area contributed by atoms with Crippen molar-refractivity contribution >= 4 is 11.9 Å². The summed E-state index contributed by atoms with van der Waals surface area (Å²) in [4.78, 5) is 25.2. The molecule has 2 N–H and O–H groups in total. The van der Waals surface area contributed by atoms with E-state index in [1.807, 2.05) is 54.6 Å². The van der Waals surface area contributed by atoms with Gasteiger partial charge in [0.15, 0.2) is 11.5 Å². The number of ether oxygens (including phenoxy) is 2. The van der Waals surface area contributed by atoms with Crippen LogP contribution in [0.15, 0.2) is 72.8 Å². The van der Waals surface area contributed by atoms with Crippen LogP contribution in [0.3, 0.4) is 0 Å². The highest BCUT2D eigenvalue weighted by atomic mass is 16.5. The molecule has 32 heavy (non-hydrogen) atoms. The number of benzene rings is 3. The van der Waals surface area contributed by atoms with E-state index < -0.39 is 17.4 Å². The van der Waals surface area contributed by atoms with E-state index in [0.29, 0.717) is 30.1 Å². The molecule has 164 valence electrons. The number of methoxy groups -OCH3 is 1. The average molecular weight is 431 g/mol. The molecule has 0 radical (unpaired) electrons. The van der Waals surface area contributed by atoms with E-state index in [0.717, 1.165) is 16.7 Å². The van der Waals surface area contributed by atoms with Gasteiger partial charge in [0.05, 0.1) is 13.7 Å². The van der Waals surface area contributed by atoms with Crippen molar-refractivity contribution in [1.29, 1.82) is 0 Å². The quantitative estimate of drug-likeness (QED) is 0.569. The predicted molar refractivity (Wildman–Crippen MR) is 120 cm³/mol. The monoisotopic (exact) mass is 431 g/mol. The molecule has 1 aliphatic carbocycles. The smallest absolute Gasteiger partial charge is 0.330 e. The summed E-state index contributed by atoms with van der Waals surface area (Å²) in [5.41, 5.74) is 1.97. The van der Waals surface area contributed by atoms with E-state index in [-0.39, 0.29) is 12.8 Å². The first kappa shape index (κ1) is 21.4. The van der Waals surface area contributed by atoms with Crippen molar-refractivity contribution in [3.8, 4) is 11.5 Å². The van der Waals surface area contributed by atoms with Gasteiger partial charge in [0.2, 0.25) is 0 Å². The number of fused-ring (bicyclic) bond motifs is 1. The van der Waals surface area contributed by atoms with E-state index in [1.54, 1.807) is 18.2 Å². The zero-order valence-corrected chi connectivity index (χ0v) is 17.8. The fourth-order valence-corrected chi connectivity index (χ4v) is 4.05. The van der Waals surface area contributed by atoms with Gasteiger partial charge in [0.25, 0.3) is 5.91 Å². The molecular formula is C26H25NO5. The molecule has 0 unspecified atom stereocenters. The van der Waals surface area contributed by atoms with E-state index >= 15 is 0 Å². The summed E-state index contributed by atoms with van der Waals surface area (Å²) in [6.07, 6.45) is 1.21. The van der Waals surface area contributed by atoms with Crippen molar-refractivity contribution in [2.45, 2.75) is 24.8 Å². The van der Waals surface area contributed by atoms with Crippen LogP contribution in [0, 0.1) is 0 Å². The van der Waals surface area contributed by atoms with Crippen molar-refractivity contribution in [1.82, 2.24) is 5.32 Å². The van der Waals surface area contributed by atoms with Gasteiger partial charge in [0, 0.05) is 24.8 Å². The Morgan fingerprint density at radius 2 is 1.59 bits per heavy atom. The summed E-state index contributed by atoms with van der Waals surface area (Å²) in [7, 11) is 1.54. The van der Waals surface area contributed by atoms with Gasteiger partial charge in [-0.1, -0.05) is 54.6 Å². The number of nitrogens with one attached hydrogen (secondary N) is 1. The summed E-state index contributed by atoms with van der Waals surface area (Å²) in [6.45, 7) is 0.416. The normalized spacial score (nSPS) is 13.8. The van der Waals surface area contributed by atoms with Crippen LogP contribution in [0.25, 0.3) is 0 Å². The third kappa shape index (κ3) is 4.44. The second kappa shape index (κ2) is 9.14. The molecule has 3 aromatic carbocycles. The Balaban J connectivity index is 1.49. The molecule has 0 saturated heterocycles. The number of rotatable bonds is 8. The van der Waals surface area contributed by atoms with Crippen LogP contribution in [0.4, 0.5) is 0 Å². The predicted octanol–water partition coefficient (Wildman–Crippen LogP) is 3.67. The SMILES string of the molecule is COc1ccc(C(=O)NC2(C(=O)O)Cc3ccccc3C2)cc1OCCc1ccccc1. The fraction of sp³-hybridized carbons (Fsp3) is 0.231. The molecule has 0 saturated carbocycles. The number of aliphatic carboxylic acids is 1. The molecule has 0 aromatic heterocycles. The lowest BCUT2D eigenvalue weighted by molar-refractivity contribution is -0.144. The van der Waals surface area contributed by atoms with Crippen molar-refractivity contribution in [3.63, 3.8) is 0 Å². The Hall–Kier alpha value is -3.80. The molecule has 0 spiro atoms. The van der Waals surface area contributed by atoms with Crippen molar-refractivity contribution in [2.24, 2.45) is 0 Å². The highest BCUT2D eigenvalue weighted by Gasteiger charge is 2.45. The number of hydrogen-bond acceptors (Lipinski definition) is 4. The largest absolute Gasteiger partial charge is 0.493 e. The lowest BCUT2D eigenvalue weighted by Crippen LogP contribution is -2.55. The maximum absolute atomic E-state index is 13.0. The first-order chi connectivity index (χ1) is 15.5. The standard InChI is InChI=1S/C26H25NO5/c1-31-22-12-11-19(15-23(22)32-14-13-18-7-3-2-4-8-18)24(28)27-26(25(29)30)16-20-9-5-6-10-21(20)17-26/h2-12,15H,13-14,16-17H2,1H3,(H,27,28)(H,29,30). The average Bonchev–Trinajstić information content (AvgIpc) is 3.19. The molecule has 0 bridgehead atoms. The van der Waals surface area contributed by atoms with E-state index in [4.69, 9.17) is 9.47 Å². The number of carboxylic acids is 1. The summed E-state index contributed by atoms with van der Waals surface area (Å²) >= 11 is 0. The van der Waals surface area contributed by atoms with Crippen LogP contribution < -0.4 is 14.8 Å². The van der Waals surface area contributed by atoms with Crippen molar-refractivity contribution in [2.75, 3.05) is 13.7 Å². The lowest BCUT2D eigenvalue weighted by Gasteiger charge is -2.25. The molecule has 3 aromatic rings. The zero-order valence-electron chi connectivity index (χ0n) is 17.8. The fourth-order valence-electron chi connectivity index (χ4n) is 4.05. The highest BCUT2D eigenvalue weighted by Crippen LogP contribution is 2.32. The van der Waals surface area contributed by atoms with Crippen LogP contribution in [0.5, 0.6) is 11.5 Å². The number of carboxylic acid groups (broad SMARTS) is 1. The molecule has 4 rings (SSSR count). The minimum atomic E-state index is -1.37. The van der Waals surface area contributed by atoms with Crippen molar-refractivity contribution in [3.05, 3.63) is 95.1 Å². The first-order valence-electron chi connectivity index (χ1n) is 10.5. The Labute approximate surface area is 186 Å². The number of amides is 1. The van der Waals surface area contributed by atoms with Crippen molar-refractivity contribution < 1.29 is 24.2 Å². The second-order valence-electron chi connectivity index (χ2n) is 7.91. The van der Waals surface area contributed by atoms with E-state index in [2.05, 4.69) is 5.32 Å². The van der Waals surface area contributed by atoms with Crippen LogP contribution in [0.2, 0.25) is 0 Å². The number of carbonyl (C=O) groups is 2. The zero-order chi connectivity index (χ0) is 22.6. The maximum atomic E-state index is 13.0. The summed E-state index contributed by atoms with van der Waals surface area (Å²) < 4.78 is 11.3. The Kier molecular flexibility index (Phi) is 6.12. The van der Waals surface area contributed by atoms with Gasteiger partial charge in [0.1, 0.15) is 5.54 Å². The molecule has 0 fully saturated rings. The maximum Gasteiger partial charge on any atom is 0.330 e. The molecule has 1 aliphatic rings. The van der Waals surface area contributed by atoms with Gasteiger partial charge < -0.3 is 19.9 Å². The Bertz CT molecular complexity index is 1100. The van der Waals surface area contributed by atoms with Gasteiger partial charge in [-0.05, 0) is 34.9 Å². The van der Waals surface area contributed by atoms with Crippen LogP contribution in [-0.4, -0.2) is 36.2 Å². The minimum absolute atomic E-state index is 0.251. The van der Waals surface area contributed by atoms with Gasteiger partial charge in [-0.2, -0.15) is 0 Å². The van der Waals surface area contributed by atoms with Crippen LogP contribution in [0.1, 0.15) is 27.0 Å². The third-order valence-electron chi connectivity index (χ3n) is 5.78. The topological polar surface area (TPSA) is 84.9 Å². The summed E-state index contributed by atoms with van der Waals surface area (Å²) in [5, 5.41) is 12.7. The second-order valence-corrected chi connectivity index (χ2v) is 7.91. The number of hydrogen-bond donors (Lipinski definition) is 2. The van der Waals surface area contributed by atoms with Crippen LogP contribution >= 0.6 is 0 Å². The van der Waals surface area contributed by atoms with E-state index in [1.165, 1.54) is 7.11 Å². The first-order valence-corrected chi connectivity index (χ1v) is 10.5. The van der Waals surface area contributed by atoms with Crippen LogP contribution in [-0.2, 0) is 24.1 Å². The third-order valence-corrected chi connectivity index (χ3v) is 5.78. The molecular weight excluding hydrogens is 406 g/mol. The van der Waals surface area contributed by atoms with Gasteiger partial charge in [-0.3, -0.25) is 4.79 Å².